The van der Waals surface area contributed by atoms with Crippen LogP contribution in [0, 0.1) is 16.7 Å². The lowest BCUT2D eigenvalue weighted by molar-refractivity contribution is -0.128. The molecule has 1 aromatic heterocycles. The van der Waals surface area contributed by atoms with Crippen LogP contribution in [-0.4, -0.2) is 88.9 Å². The van der Waals surface area contributed by atoms with Gasteiger partial charge in [0.15, 0.2) is 0 Å². The number of aromatic nitrogens is 1. The van der Waals surface area contributed by atoms with E-state index < -0.39 is 34.1 Å². The fourth-order valence-electron chi connectivity index (χ4n) is 6.73. The average molecular weight is 729 g/mol. The Labute approximate surface area is 305 Å². The predicted molar refractivity (Wildman–Crippen MR) is 201 cm³/mol. The second-order valence-corrected chi connectivity index (χ2v) is 16.0. The van der Waals surface area contributed by atoms with E-state index in [4.69, 9.17) is 0 Å². The SMILES string of the molecule is CC(C)CN(C[C@@H](O)[C@H](Cc1ccccc1)NC(=O)[C@H](C(C)C)N1CCN(Cc2ccnc3ccccc23)C1=O)S(=O)(=O)c1ccc(CN=O)cc1. The number of aliphatic hydroxyl groups is 1. The second kappa shape index (κ2) is 17.2. The zero-order chi connectivity index (χ0) is 37.4. The molecule has 0 radical (unpaired) electrons. The molecular formula is C39H48N6O6S. The number of amides is 3. The molecule has 12 nitrogen and oxygen atoms in total. The van der Waals surface area contributed by atoms with E-state index in [1.54, 1.807) is 28.1 Å². The molecule has 5 rings (SSSR count). The Hall–Kier alpha value is -4.72. The van der Waals surface area contributed by atoms with Crippen LogP contribution in [0.3, 0.4) is 0 Å². The van der Waals surface area contributed by atoms with Crippen molar-refractivity contribution in [1.82, 2.24) is 24.4 Å². The minimum Gasteiger partial charge on any atom is -0.390 e. The van der Waals surface area contributed by atoms with Crippen molar-refractivity contribution in [1.29, 1.82) is 0 Å². The normalized spacial score (nSPS) is 15.4. The Morgan fingerprint density at radius 1 is 0.923 bits per heavy atom. The van der Waals surface area contributed by atoms with Crippen LogP contribution < -0.4 is 5.32 Å². The number of rotatable bonds is 17. The molecule has 1 aliphatic heterocycles. The first-order valence-electron chi connectivity index (χ1n) is 17.7. The van der Waals surface area contributed by atoms with E-state index in [2.05, 4.69) is 15.5 Å². The molecule has 276 valence electrons. The van der Waals surface area contributed by atoms with Gasteiger partial charge in [-0.25, -0.2) is 13.2 Å². The van der Waals surface area contributed by atoms with Crippen LogP contribution in [0.4, 0.5) is 4.79 Å². The lowest BCUT2D eigenvalue weighted by atomic mass is 9.97. The number of nitrogens with one attached hydrogen (secondary N) is 1. The van der Waals surface area contributed by atoms with Crippen molar-refractivity contribution in [2.75, 3.05) is 26.2 Å². The summed E-state index contributed by atoms with van der Waals surface area (Å²) in [5.41, 5.74) is 3.24. The van der Waals surface area contributed by atoms with Gasteiger partial charge in [-0.05, 0) is 59.2 Å². The number of hydrogen-bond donors (Lipinski definition) is 2. The number of nitrogens with zero attached hydrogens (tertiary/aromatic N) is 5. The first-order valence-corrected chi connectivity index (χ1v) is 19.1. The van der Waals surface area contributed by atoms with Crippen molar-refractivity contribution in [3.63, 3.8) is 0 Å². The van der Waals surface area contributed by atoms with Crippen molar-refractivity contribution in [2.24, 2.45) is 17.0 Å². The quantitative estimate of drug-likeness (QED) is 0.142. The molecule has 0 unspecified atom stereocenters. The van der Waals surface area contributed by atoms with E-state index in [9.17, 15) is 28.0 Å². The Morgan fingerprint density at radius 3 is 2.29 bits per heavy atom. The Kier molecular flexibility index (Phi) is 12.7. The maximum Gasteiger partial charge on any atom is 0.321 e. The molecule has 13 heteroatoms. The molecule has 0 bridgehead atoms. The number of nitroso groups, excluding NO2 is 1. The summed E-state index contributed by atoms with van der Waals surface area (Å²) in [5, 5.41) is 18.7. The number of sulfonamides is 1. The molecule has 2 N–H and O–H groups in total. The van der Waals surface area contributed by atoms with Gasteiger partial charge >= 0.3 is 6.03 Å². The van der Waals surface area contributed by atoms with E-state index in [-0.39, 0.29) is 48.8 Å². The highest BCUT2D eigenvalue weighted by molar-refractivity contribution is 7.89. The summed E-state index contributed by atoms with van der Waals surface area (Å²) >= 11 is 0. The standard InChI is InChI=1S/C39H48N6O6S/c1-27(2)24-44(52(50,51)32-16-14-30(15-17-32)23-41-49)26-36(46)35(22-29-10-6-5-7-11-29)42-38(47)37(28(3)4)45-21-20-43(39(45)48)25-31-18-19-40-34-13-9-8-12-33(31)34/h5-19,27-28,35-37,46H,20-26H2,1-4H3,(H,42,47)/t35-,36+,37-/m0/s1. The van der Waals surface area contributed by atoms with Gasteiger partial charge < -0.3 is 20.2 Å². The fourth-order valence-corrected chi connectivity index (χ4v) is 8.35. The van der Waals surface area contributed by atoms with Crippen LogP contribution in [0.15, 0.2) is 101 Å². The first kappa shape index (κ1) is 38.5. The van der Waals surface area contributed by atoms with Crippen LogP contribution in [0.2, 0.25) is 0 Å². The molecule has 1 fully saturated rings. The van der Waals surface area contributed by atoms with E-state index >= 15 is 0 Å². The minimum atomic E-state index is -4.06. The zero-order valence-electron chi connectivity index (χ0n) is 30.1. The molecule has 1 aliphatic rings. The topological polar surface area (TPSA) is 153 Å². The number of benzene rings is 3. The number of fused-ring (bicyclic) bond motifs is 1. The van der Waals surface area contributed by atoms with E-state index in [1.807, 2.05) is 88.4 Å². The van der Waals surface area contributed by atoms with Crippen LogP contribution >= 0.6 is 0 Å². The van der Waals surface area contributed by atoms with Crippen LogP contribution in [0.5, 0.6) is 0 Å². The monoisotopic (exact) mass is 728 g/mol. The van der Waals surface area contributed by atoms with E-state index in [0.717, 1.165) is 22.0 Å². The summed E-state index contributed by atoms with van der Waals surface area (Å²) in [7, 11) is -4.06. The predicted octanol–water partition coefficient (Wildman–Crippen LogP) is 5.20. The molecule has 1 saturated heterocycles. The smallest absolute Gasteiger partial charge is 0.321 e. The highest BCUT2D eigenvalue weighted by Crippen LogP contribution is 2.25. The summed E-state index contributed by atoms with van der Waals surface area (Å²) in [5.74, 6) is -0.741. The molecule has 3 aromatic carbocycles. The number of pyridine rings is 1. The number of urea groups is 1. The molecule has 0 aliphatic carbocycles. The third-order valence-corrected chi connectivity index (χ3v) is 11.2. The molecule has 3 atom stereocenters. The summed E-state index contributed by atoms with van der Waals surface area (Å²) in [4.78, 5) is 46.6. The number of carbonyl (C=O) groups is 2. The van der Waals surface area contributed by atoms with Crippen molar-refractivity contribution >= 4 is 32.9 Å². The summed E-state index contributed by atoms with van der Waals surface area (Å²) in [6.45, 7) is 8.48. The highest BCUT2D eigenvalue weighted by Gasteiger charge is 2.40. The molecule has 0 saturated carbocycles. The lowest BCUT2D eigenvalue weighted by Gasteiger charge is -2.34. The molecule has 52 heavy (non-hydrogen) atoms. The fraction of sp³-hybridized carbons (Fsp3) is 0.410. The van der Waals surface area contributed by atoms with Crippen molar-refractivity contribution < 1.29 is 23.1 Å². The number of para-hydroxylation sites is 1. The molecule has 4 aromatic rings. The summed E-state index contributed by atoms with van der Waals surface area (Å²) in [6.07, 6.45) is 0.668. The van der Waals surface area contributed by atoms with Gasteiger partial charge in [-0.15, -0.1) is 0 Å². The van der Waals surface area contributed by atoms with E-state index in [1.165, 1.54) is 16.4 Å². The Morgan fingerprint density at radius 2 is 1.62 bits per heavy atom. The third-order valence-electron chi connectivity index (χ3n) is 9.32. The number of hydrogen-bond acceptors (Lipinski definition) is 8. The van der Waals surface area contributed by atoms with Gasteiger partial charge in [0.25, 0.3) is 0 Å². The summed E-state index contributed by atoms with van der Waals surface area (Å²) in [6, 6.07) is 23.0. The highest BCUT2D eigenvalue weighted by atomic mass is 32.2. The van der Waals surface area contributed by atoms with Gasteiger partial charge in [-0.3, -0.25) is 9.78 Å². The van der Waals surface area contributed by atoms with Crippen molar-refractivity contribution in [3.8, 4) is 0 Å². The maximum atomic E-state index is 14.2. The van der Waals surface area contributed by atoms with Crippen LogP contribution in [-0.2, 0) is 34.3 Å². The second-order valence-electron chi connectivity index (χ2n) is 14.1. The lowest BCUT2D eigenvalue weighted by Crippen LogP contribution is -2.57. The molecular weight excluding hydrogens is 681 g/mol. The number of aliphatic hydroxyl groups excluding tert-OH is 1. The maximum absolute atomic E-state index is 14.2. The van der Waals surface area contributed by atoms with Gasteiger partial charge in [-0.2, -0.15) is 9.21 Å². The van der Waals surface area contributed by atoms with Gasteiger partial charge in [0, 0.05) is 44.3 Å². The molecule has 0 spiro atoms. The van der Waals surface area contributed by atoms with E-state index in [0.29, 0.717) is 25.2 Å². The third kappa shape index (κ3) is 9.19. The first-order chi connectivity index (χ1) is 24.9. The van der Waals surface area contributed by atoms with Crippen LogP contribution in [0.1, 0.15) is 44.4 Å². The van der Waals surface area contributed by atoms with Crippen LogP contribution in [0.25, 0.3) is 10.9 Å². The van der Waals surface area contributed by atoms with Gasteiger partial charge in [0.1, 0.15) is 12.6 Å². The van der Waals surface area contributed by atoms with Crippen molar-refractivity contribution in [2.45, 2.75) is 70.3 Å². The minimum absolute atomic E-state index is 0.0235. The number of carbonyl (C=O) groups excluding carboxylic acids is 2. The zero-order valence-corrected chi connectivity index (χ0v) is 30.9. The Bertz CT molecular complexity index is 1930. The average Bonchev–Trinajstić information content (AvgIpc) is 3.46. The van der Waals surface area contributed by atoms with Crippen molar-refractivity contribution in [3.05, 3.63) is 113 Å². The van der Waals surface area contributed by atoms with Gasteiger partial charge in [-0.1, -0.05) is 93.5 Å². The molecule has 3 amide bonds. The van der Waals surface area contributed by atoms with Gasteiger partial charge in [0.2, 0.25) is 15.9 Å². The largest absolute Gasteiger partial charge is 0.390 e. The summed E-state index contributed by atoms with van der Waals surface area (Å²) < 4.78 is 29.1. The van der Waals surface area contributed by atoms with Gasteiger partial charge in [0.05, 0.1) is 22.6 Å². The Balaban J connectivity index is 1.36. The molecule has 2 heterocycles.